The fourth-order valence-electron chi connectivity index (χ4n) is 3.43. The number of nitrogens with one attached hydrogen (secondary N) is 1. The van der Waals surface area contributed by atoms with Gasteiger partial charge in [0.25, 0.3) is 0 Å². The second-order valence-electron chi connectivity index (χ2n) is 7.10. The van der Waals surface area contributed by atoms with E-state index in [0.717, 1.165) is 12.8 Å². The molecule has 0 bridgehead atoms. The Kier molecular flexibility index (Phi) is 6.26. The van der Waals surface area contributed by atoms with Crippen LogP contribution in [0.15, 0.2) is 60.7 Å². The summed E-state index contributed by atoms with van der Waals surface area (Å²) in [7, 11) is 0. The predicted molar refractivity (Wildman–Crippen MR) is 107 cm³/mol. The summed E-state index contributed by atoms with van der Waals surface area (Å²) < 4.78 is 0. The normalized spacial score (nSPS) is 17.7. The van der Waals surface area contributed by atoms with E-state index in [1.54, 1.807) is 0 Å². The largest absolute Gasteiger partial charge is 0.305 e. The van der Waals surface area contributed by atoms with Gasteiger partial charge in [-0.2, -0.15) is 0 Å². The number of benzene rings is 2. The van der Waals surface area contributed by atoms with Gasteiger partial charge in [-0.25, -0.2) is 0 Å². The molecule has 0 aliphatic heterocycles. The van der Waals surface area contributed by atoms with Crippen molar-refractivity contribution in [3.63, 3.8) is 0 Å². The van der Waals surface area contributed by atoms with Crippen LogP contribution in [0.5, 0.6) is 0 Å². The highest BCUT2D eigenvalue weighted by Crippen LogP contribution is 2.40. The zero-order valence-corrected chi connectivity index (χ0v) is 15.7. The smallest absolute Gasteiger partial charge is 0.0337 e. The predicted octanol–water partition coefficient (Wildman–Crippen LogP) is 5.96. The van der Waals surface area contributed by atoms with E-state index in [2.05, 4.69) is 86.8 Å². The molecular formula is C22H28ClN. The molecule has 0 saturated carbocycles. The topological polar surface area (TPSA) is 12.0 Å². The number of hydrogen-bond acceptors (Lipinski definition) is 1. The van der Waals surface area contributed by atoms with Gasteiger partial charge in [0.05, 0.1) is 0 Å². The third-order valence-electron chi connectivity index (χ3n) is 5.01. The SMILES string of the molecule is CCC(C)(C)NC1CCC(c2ccccc2)=C1c1ccccc1.Cl. The maximum absolute atomic E-state index is 3.90. The highest BCUT2D eigenvalue weighted by atomic mass is 35.5. The van der Waals surface area contributed by atoms with E-state index >= 15 is 0 Å². The Morgan fingerprint density at radius 3 is 2.00 bits per heavy atom. The molecule has 2 aromatic rings. The minimum absolute atomic E-state index is 0. The number of halogens is 1. The number of rotatable bonds is 5. The second kappa shape index (κ2) is 8.00. The van der Waals surface area contributed by atoms with Gasteiger partial charge in [-0.05, 0) is 55.4 Å². The lowest BCUT2D eigenvalue weighted by molar-refractivity contribution is 0.351. The fraction of sp³-hybridized carbons (Fsp3) is 0.364. The van der Waals surface area contributed by atoms with E-state index < -0.39 is 0 Å². The molecule has 1 atom stereocenters. The minimum atomic E-state index is 0. The summed E-state index contributed by atoms with van der Waals surface area (Å²) in [6.07, 6.45) is 3.45. The van der Waals surface area contributed by atoms with E-state index in [1.165, 1.54) is 28.7 Å². The maximum atomic E-state index is 3.90. The summed E-state index contributed by atoms with van der Waals surface area (Å²) in [5.74, 6) is 0. The first-order valence-electron chi connectivity index (χ1n) is 8.72. The van der Waals surface area contributed by atoms with E-state index in [4.69, 9.17) is 0 Å². The van der Waals surface area contributed by atoms with Crippen molar-refractivity contribution in [1.82, 2.24) is 5.32 Å². The van der Waals surface area contributed by atoms with Crippen molar-refractivity contribution in [2.45, 2.75) is 51.6 Å². The zero-order chi connectivity index (χ0) is 16.3. The van der Waals surface area contributed by atoms with Crippen LogP contribution < -0.4 is 5.32 Å². The molecule has 2 heteroatoms. The Labute approximate surface area is 152 Å². The second-order valence-corrected chi connectivity index (χ2v) is 7.10. The van der Waals surface area contributed by atoms with Crippen LogP contribution in [0.2, 0.25) is 0 Å². The van der Waals surface area contributed by atoms with E-state index in [9.17, 15) is 0 Å². The average molecular weight is 342 g/mol. The Bertz CT molecular complexity index is 674. The first-order chi connectivity index (χ1) is 11.1. The van der Waals surface area contributed by atoms with Crippen molar-refractivity contribution < 1.29 is 0 Å². The first-order valence-corrected chi connectivity index (χ1v) is 8.72. The zero-order valence-electron chi connectivity index (χ0n) is 14.9. The molecule has 1 nitrogen and oxygen atoms in total. The summed E-state index contributed by atoms with van der Waals surface area (Å²) in [6, 6.07) is 22.2. The van der Waals surface area contributed by atoms with Crippen molar-refractivity contribution in [3.8, 4) is 0 Å². The van der Waals surface area contributed by atoms with Crippen LogP contribution in [0.3, 0.4) is 0 Å². The van der Waals surface area contributed by atoms with Gasteiger partial charge in [-0.1, -0.05) is 67.6 Å². The summed E-state index contributed by atoms with van der Waals surface area (Å²) in [6.45, 7) is 6.86. The van der Waals surface area contributed by atoms with Crippen LogP contribution in [0.4, 0.5) is 0 Å². The van der Waals surface area contributed by atoms with E-state index in [0.29, 0.717) is 6.04 Å². The van der Waals surface area contributed by atoms with Crippen LogP contribution >= 0.6 is 12.4 Å². The molecule has 0 radical (unpaired) electrons. The Hall–Kier alpha value is -1.57. The Balaban J connectivity index is 0.00000208. The van der Waals surface area contributed by atoms with Crippen molar-refractivity contribution in [2.24, 2.45) is 0 Å². The lowest BCUT2D eigenvalue weighted by atomic mass is 9.93. The van der Waals surface area contributed by atoms with E-state index in [1.807, 2.05) is 0 Å². The molecule has 1 aliphatic carbocycles. The molecule has 1 aliphatic rings. The Morgan fingerprint density at radius 2 is 1.46 bits per heavy atom. The molecule has 0 saturated heterocycles. The van der Waals surface area contributed by atoms with Crippen molar-refractivity contribution >= 4 is 23.6 Å². The van der Waals surface area contributed by atoms with Crippen LogP contribution in [-0.2, 0) is 0 Å². The van der Waals surface area contributed by atoms with Gasteiger partial charge in [0.15, 0.2) is 0 Å². The summed E-state index contributed by atoms with van der Waals surface area (Å²) in [4.78, 5) is 0. The van der Waals surface area contributed by atoms with Gasteiger partial charge in [-0.15, -0.1) is 12.4 Å². The third kappa shape index (κ3) is 4.09. The monoisotopic (exact) mass is 341 g/mol. The number of allylic oxidation sites excluding steroid dienone is 1. The van der Waals surface area contributed by atoms with Crippen molar-refractivity contribution in [2.75, 3.05) is 0 Å². The molecule has 128 valence electrons. The summed E-state index contributed by atoms with van der Waals surface area (Å²) >= 11 is 0. The molecule has 0 aromatic heterocycles. The van der Waals surface area contributed by atoms with Gasteiger partial charge in [-0.3, -0.25) is 0 Å². The molecule has 0 heterocycles. The molecule has 1 N–H and O–H groups in total. The van der Waals surface area contributed by atoms with Gasteiger partial charge >= 0.3 is 0 Å². The standard InChI is InChI=1S/C22H27N.ClH/c1-4-22(2,3)23-20-16-15-19(17-11-7-5-8-12-17)21(20)18-13-9-6-10-14-18;/h5-14,20,23H,4,15-16H2,1-3H3;1H. The quantitative estimate of drug-likeness (QED) is 0.707. The molecule has 24 heavy (non-hydrogen) atoms. The number of hydrogen-bond donors (Lipinski definition) is 1. The fourth-order valence-corrected chi connectivity index (χ4v) is 3.43. The van der Waals surface area contributed by atoms with Crippen molar-refractivity contribution in [3.05, 3.63) is 71.8 Å². The molecule has 0 amide bonds. The minimum Gasteiger partial charge on any atom is -0.305 e. The molecule has 1 unspecified atom stereocenters. The van der Waals surface area contributed by atoms with Gasteiger partial charge in [0, 0.05) is 11.6 Å². The summed E-state index contributed by atoms with van der Waals surface area (Å²) in [5.41, 5.74) is 5.87. The average Bonchev–Trinajstić information content (AvgIpc) is 2.99. The highest BCUT2D eigenvalue weighted by molar-refractivity contribution is 5.95. The lowest BCUT2D eigenvalue weighted by Crippen LogP contribution is -2.45. The van der Waals surface area contributed by atoms with Crippen molar-refractivity contribution in [1.29, 1.82) is 0 Å². The highest BCUT2D eigenvalue weighted by Gasteiger charge is 2.30. The summed E-state index contributed by atoms with van der Waals surface area (Å²) in [5, 5.41) is 3.90. The molecule has 0 fully saturated rings. The third-order valence-corrected chi connectivity index (χ3v) is 5.01. The van der Waals surface area contributed by atoms with Crippen LogP contribution in [0.1, 0.15) is 51.2 Å². The molecule has 0 spiro atoms. The van der Waals surface area contributed by atoms with Gasteiger partial charge < -0.3 is 5.32 Å². The first kappa shape index (κ1) is 18.8. The molecule has 3 rings (SSSR count). The van der Waals surface area contributed by atoms with Crippen LogP contribution in [0.25, 0.3) is 11.1 Å². The lowest BCUT2D eigenvalue weighted by Gasteiger charge is -2.31. The van der Waals surface area contributed by atoms with Gasteiger partial charge in [0.1, 0.15) is 0 Å². The maximum Gasteiger partial charge on any atom is 0.0337 e. The van der Waals surface area contributed by atoms with Crippen LogP contribution in [-0.4, -0.2) is 11.6 Å². The Morgan fingerprint density at radius 1 is 0.917 bits per heavy atom. The molecule has 2 aromatic carbocycles. The van der Waals surface area contributed by atoms with Gasteiger partial charge in [0.2, 0.25) is 0 Å². The van der Waals surface area contributed by atoms with Crippen LogP contribution in [0, 0.1) is 0 Å². The molecular weight excluding hydrogens is 314 g/mol. The van der Waals surface area contributed by atoms with E-state index in [-0.39, 0.29) is 17.9 Å².